The average Bonchev–Trinajstić information content (AvgIpc) is 2.54. The molecular weight excluding hydrogens is 296 g/mol. The summed E-state index contributed by atoms with van der Waals surface area (Å²) in [4.78, 5) is 0.339. The van der Waals surface area contributed by atoms with Gasteiger partial charge in [-0.1, -0.05) is 38.5 Å². The van der Waals surface area contributed by atoms with E-state index in [2.05, 4.69) is 10.2 Å². The molecule has 0 bridgehead atoms. The Bertz CT molecular complexity index is 723. The molecule has 2 aromatic rings. The summed E-state index contributed by atoms with van der Waals surface area (Å²) in [6, 6.07) is 15.9. The normalized spacial score (nSPS) is 13.4. The lowest BCUT2D eigenvalue weighted by Gasteiger charge is -2.09. The van der Waals surface area contributed by atoms with Gasteiger partial charge in [0.1, 0.15) is 0 Å². The summed E-state index contributed by atoms with van der Waals surface area (Å²) in [5.41, 5.74) is 1.39. The zero-order chi connectivity index (χ0) is 16.0. The van der Waals surface area contributed by atoms with Crippen LogP contribution >= 0.6 is 0 Å². The van der Waals surface area contributed by atoms with Crippen molar-refractivity contribution in [2.45, 2.75) is 25.2 Å². The van der Waals surface area contributed by atoms with Gasteiger partial charge in [0.2, 0.25) is 0 Å². The van der Waals surface area contributed by atoms with Crippen molar-refractivity contribution < 1.29 is 8.42 Å². The summed E-state index contributed by atoms with van der Waals surface area (Å²) >= 11 is 0. The first-order valence-electron chi connectivity index (χ1n) is 7.31. The highest BCUT2D eigenvalue weighted by Crippen LogP contribution is 2.21. The first-order valence-corrected chi connectivity index (χ1v) is 8.96. The maximum absolute atomic E-state index is 12.2. The van der Waals surface area contributed by atoms with Gasteiger partial charge in [-0.15, -0.1) is 0 Å². The molecule has 0 aliphatic carbocycles. The minimum atomic E-state index is -3.23. The highest BCUT2D eigenvalue weighted by molar-refractivity contribution is 7.91. The molecule has 0 saturated carbocycles. The molecule has 0 saturated heterocycles. The van der Waals surface area contributed by atoms with Gasteiger partial charge < -0.3 is 0 Å². The van der Waals surface area contributed by atoms with Crippen LogP contribution in [0.15, 0.2) is 69.7 Å². The van der Waals surface area contributed by atoms with Crippen LogP contribution in [0.2, 0.25) is 0 Å². The van der Waals surface area contributed by atoms with E-state index in [4.69, 9.17) is 0 Å². The minimum absolute atomic E-state index is 0.155. The zero-order valence-electron chi connectivity index (χ0n) is 12.8. The highest BCUT2D eigenvalue weighted by Gasteiger charge is 2.17. The van der Waals surface area contributed by atoms with Crippen LogP contribution in [-0.2, 0) is 9.84 Å². The quantitative estimate of drug-likeness (QED) is 0.710. The summed E-state index contributed by atoms with van der Waals surface area (Å²) < 4.78 is 24.5. The molecule has 0 aliphatic rings. The third-order valence-corrected chi connectivity index (χ3v) is 5.43. The Labute approximate surface area is 131 Å². The van der Waals surface area contributed by atoms with Gasteiger partial charge in [0.25, 0.3) is 0 Å². The fourth-order valence-corrected chi connectivity index (χ4v) is 3.65. The van der Waals surface area contributed by atoms with Crippen molar-refractivity contribution in [3.05, 3.63) is 54.6 Å². The third-order valence-electron chi connectivity index (χ3n) is 3.43. The second-order valence-electron chi connectivity index (χ2n) is 5.32. The van der Waals surface area contributed by atoms with Crippen molar-refractivity contribution in [2.24, 2.45) is 16.1 Å². The molecule has 5 heteroatoms. The Hall–Kier alpha value is -2.01. The maximum atomic E-state index is 12.2. The van der Waals surface area contributed by atoms with Gasteiger partial charge in [-0.05, 0) is 42.3 Å². The van der Waals surface area contributed by atoms with Gasteiger partial charge in [0.05, 0.1) is 22.0 Å². The van der Waals surface area contributed by atoms with Crippen molar-refractivity contribution >= 4 is 21.2 Å². The Morgan fingerprint density at radius 3 is 2.00 bits per heavy atom. The molecule has 0 unspecified atom stereocenters. The van der Waals surface area contributed by atoms with Crippen LogP contribution in [0, 0.1) is 5.92 Å². The molecule has 0 heterocycles. The number of nitrogens with zero attached hydrogens (tertiary/aromatic N) is 2. The minimum Gasteiger partial charge on any atom is -0.224 e. The zero-order valence-corrected chi connectivity index (χ0v) is 13.6. The molecule has 0 amide bonds. The number of azo groups is 1. The topological polar surface area (TPSA) is 58.9 Å². The van der Waals surface area contributed by atoms with Crippen LogP contribution in [0.1, 0.15) is 20.3 Å². The van der Waals surface area contributed by atoms with Crippen LogP contribution in [-0.4, -0.2) is 14.2 Å². The van der Waals surface area contributed by atoms with Gasteiger partial charge in [0, 0.05) is 0 Å². The van der Waals surface area contributed by atoms with E-state index in [1.807, 2.05) is 44.2 Å². The van der Waals surface area contributed by atoms with E-state index in [0.29, 0.717) is 10.6 Å². The van der Waals surface area contributed by atoms with Gasteiger partial charge in [-0.3, -0.25) is 0 Å². The van der Waals surface area contributed by atoms with E-state index in [-0.39, 0.29) is 11.7 Å². The van der Waals surface area contributed by atoms with Crippen molar-refractivity contribution in [3.8, 4) is 0 Å². The summed E-state index contributed by atoms with van der Waals surface area (Å²) in [7, 11) is -3.23. The molecule has 0 aromatic heterocycles. The molecule has 2 rings (SSSR count). The number of hydrogen-bond acceptors (Lipinski definition) is 4. The van der Waals surface area contributed by atoms with Crippen molar-refractivity contribution in [2.75, 3.05) is 5.75 Å². The molecule has 0 fully saturated rings. The Kier molecular flexibility index (Phi) is 5.44. The average molecular weight is 316 g/mol. The third kappa shape index (κ3) is 4.49. The van der Waals surface area contributed by atoms with E-state index in [0.717, 1.165) is 12.1 Å². The molecule has 0 N–H and O–H groups in total. The van der Waals surface area contributed by atoms with Crippen LogP contribution in [0.4, 0.5) is 11.4 Å². The van der Waals surface area contributed by atoms with Crippen LogP contribution in [0.3, 0.4) is 0 Å². The van der Waals surface area contributed by atoms with Crippen molar-refractivity contribution in [3.63, 3.8) is 0 Å². The predicted octanol–water partition coefficient (Wildman–Crippen LogP) is 4.92. The smallest absolute Gasteiger partial charge is 0.178 e. The fraction of sp³-hybridized carbons (Fsp3) is 0.294. The molecule has 4 nitrogen and oxygen atoms in total. The van der Waals surface area contributed by atoms with Crippen LogP contribution in [0.25, 0.3) is 0 Å². The van der Waals surface area contributed by atoms with Gasteiger partial charge >= 0.3 is 0 Å². The Balaban J connectivity index is 2.12. The molecule has 0 spiro atoms. The van der Waals surface area contributed by atoms with E-state index < -0.39 is 9.84 Å². The lowest BCUT2D eigenvalue weighted by atomic mass is 10.2. The van der Waals surface area contributed by atoms with Crippen molar-refractivity contribution in [1.82, 2.24) is 0 Å². The summed E-state index contributed by atoms with van der Waals surface area (Å²) in [6.07, 6.45) is 0.850. The summed E-state index contributed by atoms with van der Waals surface area (Å²) in [5, 5.41) is 8.21. The SMILES string of the molecule is CC[C@@H](C)CS(=O)(=O)c1ccc(N=Nc2ccccc2)cc1. The molecule has 1 atom stereocenters. The number of sulfone groups is 1. The standard InChI is InChI=1S/C17H20N2O2S/c1-3-14(2)13-22(20,21)17-11-9-16(10-12-17)19-18-15-7-5-4-6-8-15/h4-12,14H,3,13H2,1-2H3/t14-/m1/s1. The molecule has 116 valence electrons. The van der Waals surface area contributed by atoms with E-state index >= 15 is 0 Å². The first kappa shape index (κ1) is 16.4. The Morgan fingerprint density at radius 1 is 0.909 bits per heavy atom. The predicted molar refractivity (Wildman–Crippen MR) is 88.6 cm³/mol. The lowest BCUT2D eigenvalue weighted by Crippen LogP contribution is -2.13. The molecular formula is C17H20N2O2S. The lowest BCUT2D eigenvalue weighted by molar-refractivity contribution is 0.564. The molecule has 2 aromatic carbocycles. The van der Waals surface area contributed by atoms with Crippen LogP contribution < -0.4 is 0 Å². The second kappa shape index (κ2) is 7.31. The van der Waals surface area contributed by atoms with E-state index in [1.165, 1.54) is 0 Å². The van der Waals surface area contributed by atoms with Gasteiger partial charge in [-0.25, -0.2) is 8.42 Å². The summed E-state index contributed by atoms with van der Waals surface area (Å²) in [6.45, 7) is 3.94. The number of hydrogen-bond donors (Lipinski definition) is 0. The monoisotopic (exact) mass is 316 g/mol. The molecule has 0 radical (unpaired) electrons. The number of rotatable bonds is 6. The highest BCUT2D eigenvalue weighted by atomic mass is 32.2. The van der Waals surface area contributed by atoms with E-state index in [9.17, 15) is 8.42 Å². The Morgan fingerprint density at radius 2 is 1.45 bits per heavy atom. The maximum Gasteiger partial charge on any atom is 0.178 e. The first-order chi connectivity index (χ1) is 10.5. The fourth-order valence-electron chi connectivity index (χ4n) is 1.92. The van der Waals surface area contributed by atoms with Crippen LogP contribution in [0.5, 0.6) is 0 Å². The number of benzene rings is 2. The molecule has 0 aliphatic heterocycles. The van der Waals surface area contributed by atoms with Crippen molar-refractivity contribution in [1.29, 1.82) is 0 Å². The van der Waals surface area contributed by atoms with Gasteiger partial charge in [0.15, 0.2) is 9.84 Å². The van der Waals surface area contributed by atoms with E-state index in [1.54, 1.807) is 24.3 Å². The summed E-state index contributed by atoms with van der Waals surface area (Å²) in [5.74, 6) is 0.330. The molecule has 22 heavy (non-hydrogen) atoms. The largest absolute Gasteiger partial charge is 0.224 e. The second-order valence-corrected chi connectivity index (χ2v) is 7.36. The van der Waals surface area contributed by atoms with Gasteiger partial charge in [-0.2, -0.15) is 10.2 Å².